The third kappa shape index (κ3) is 3.14. The van der Waals surface area contributed by atoms with Gasteiger partial charge in [-0.25, -0.2) is 4.98 Å². The summed E-state index contributed by atoms with van der Waals surface area (Å²) < 4.78 is 2.02. The maximum atomic E-state index is 4.13. The number of allylic oxidation sites excluding steroid dienone is 1. The topological polar surface area (TPSA) is 17.8 Å². The fraction of sp³-hybridized carbons (Fsp3) is 0.235. The smallest absolute Gasteiger partial charge is 0.0949 e. The standard InChI is InChI=1S/C17H16N2/c1-14(12-19-11-10-18-13-19)17-8-6-16(7-9-17)5-4-15-2-3-15/h6-11,13,15H,1-3,12H2. The second-order valence-corrected chi connectivity index (χ2v) is 4.96. The van der Waals surface area contributed by atoms with Gasteiger partial charge in [0.05, 0.1) is 6.33 Å². The van der Waals surface area contributed by atoms with Gasteiger partial charge in [-0.15, -0.1) is 0 Å². The molecule has 0 amide bonds. The fourth-order valence-corrected chi connectivity index (χ4v) is 1.89. The van der Waals surface area contributed by atoms with Crippen LogP contribution >= 0.6 is 0 Å². The number of aromatic nitrogens is 2. The molecule has 19 heavy (non-hydrogen) atoms. The van der Waals surface area contributed by atoms with Gasteiger partial charge in [0.15, 0.2) is 0 Å². The molecule has 94 valence electrons. The zero-order valence-corrected chi connectivity index (χ0v) is 10.8. The van der Waals surface area contributed by atoms with Crippen molar-refractivity contribution < 1.29 is 0 Å². The van der Waals surface area contributed by atoms with E-state index in [-0.39, 0.29) is 0 Å². The van der Waals surface area contributed by atoms with Crippen molar-refractivity contribution in [1.82, 2.24) is 9.55 Å². The monoisotopic (exact) mass is 248 g/mol. The van der Waals surface area contributed by atoms with Crippen molar-refractivity contribution in [2.45, 2.75) is 19.4 Å². The van der Waals surface area contributed by atoms with Gasteiger partial charge in [-0.05, 0) is 36.1 Å². The molecule has 3 rings (SSSR count). The van der Waals surface area contributed by atoms with Crippen molar-refractivity contribution in [1.29, 1.82) is 0 Å². The average molecular weight is 248 g/mol. The molecule has 2 heteroatoms. The molecule has 0 spiro atoms. The molecule has 1 heterocycles. The zero-order valence-electron chi connectivity index (χ0n) is 10.8. The molecule has 1 saturated carbocycles. The molecule has 1 aromatic heterocycles. The maximum Gasteiger partial charge on any atom is 0.0949 e. The summed E-state index contributed by atoms with van der Waals surface area (Å²) in [4.78, 5) is 4.03. The Morgan fingerprint density at radius 1 is 1.32 bits per heavy atom. The summed E-state index contributed by atoms with van der Waals surface area (Å²) in [5.74, 6) is 7.15. The SMILES string of the molecule is C=C(Cn1ccnc1)c1ccc(C#CC2CC2)cc1. The van der Waals surface area contributed by atoms with Crippen molar-refractivity contribution in [2.75, 3.05) is 0 Å². The van der Waals surface area contributed by atoms with E-state index in [1.807, 2.05) is 10.8 Å². The van der Waals surface area contributed by atoms with Crippen LogP contribution in [0.25, 0.3) is 5.57 Å². The lowest BCUT2D eigenvalue weighted by Gasteiger charge is -2.06. The van der Waals surface area contributed by atoms with E-state index in [1.165, 1.54) is 12.8 Å². The summed E-state index contributed by atoms with van der Waals surface area (Å²) in [5, 5.41) is 0. The highest BCUT2D eigenvalue weighted by Gasteiger charge is 2.17. The lowest BCUT2D eigenvalue weighted by Crippen LogP contribution is -1.96. The van der Waals surface area contributed by atoms with E-state index in [1.54, 1.807) is 12.5 Å². The van der Waals surface area contributed by atoms with E-state index >= 15 is 0 Å². The molecule has 1 aliphatic carbocycles. The molecule has 0 N–H and O–H groups in total. The minimum atomic E-state index is 0.649. The number of imidazole rings is 1. The fourth-order valence-electron chi connectivity index (χ4n) is 1.89. The predicted octanol–water partition coefficient (Wildman–Crippen LogP) is 3.36. The minimum absolute atomic E-state index is 0.649. The van der Waals surface area contributed by atoms with Crippen LogP contribution in [0.2, 0.25) is 0 Å². The van der Waals surface area contributed by atoms with Gasteiger partial charge >= 0.3 is 0 Å². The van der Waals surface area contributed by atoms with Crippen molar-refractivity contribution in [3.8, 4) is 11.8 Å². The summed E-state index contributed by atoms with van der Waals surface area (Å²) in [5.41, 5.74) is 3.33. The van der Waals surface area contributed by atoms with Crippen LogP contribution in [0, 0.1) is 17.8 Å². The van der Waals surface area contributed by atoms with Crippen molar-refractivity contribution in [3.63, 3.8) is 0 Å². The molecule has 0 radical (unpaired) electrons. The van der Waals surface area contributed by atoms with Gasteiger partial charge in [0, 0.05) is 30.4 Å². The van der Waals surface area contributed by atoms with Crippen LogP contribution in [0.5, 0.6) is 0 Å². The first-order chi connectivity index (χ1) is 9.31. The zero-order chi connectivity index (χ0) is 13.1. The number of hydrogen-bond donors (Lipinski definition) is 0. The minimum Gasteiger partial charge on any atom is -0.333 e. The highest BCUT2D eigenvalue weighted by atomic mass is 15.0. The van der Waals surface area contributed by atoms with E-state index in [9.17, 15) is 0 Å². The lowest BCUT2D eigenvalue weighted by atomic mass is 10.1. The van der Waals surface area contributed by atoms with Crippen LogP contribution in [0.15, 0.2) is 49.6 Å². The molecule has 1 fully saturated rings. The van der Waals surface area contributed by atoms with Gasteiger partial charge in [-0.2, -0.15) is 0 Å². The van der Waals surface area contributed by atoms with Gasteiger partial charge in [-0.3, -0.25) is 0 Å². The van der Waals surface area contributed by atoms with Crippen LogP contribution in [0.4, 0.5) is 0 Å². The quantitative estimate of drug-likeness (QED) is 0.762. The summed E-state index contributed by atoms with van der Waals surface area (Å²) in [6.45, 7) is 4.90. The van der Waals surface area contributed by atoms with E-state index in [2.05, 4.69) is 47.7 Å². The first-order valence-corrected chi connectivity index (χ1v) is 6.57. The molecule has 0 atom stereocenters. The Balaban J connectivity index is 1.68. The van der Waals surface area contributed by atoms with Crippen LogP contribution in [-0.2, 0) is 6.54 Å². The molecular formula is C17H16N2. The Bertz CT molecular complexity index is 620. The summed E-state index contributed by atoms with van der Waals surface area (Å²) in [7, 11) is 0. The third-order valence-electron chi connectivity index (χ3n) is 3.22. The number of benzene rings is 1. The average Bonchev–Trinajstić information content (AvgIpc) is 3.13. The van der Waals surface area contributed by atoms with Gasteiger partial charge in [0.2, 0.25) is 0 Å². The van der Waals surface area contributed by atoms with Gasteiger partial charge in [0.1, 0.15) is 0 Å². The van der Waals surface area contributed by atoms with Crippen molar-refractivity contribution >= 4 is 5.57 Å². The van der Waals surface area contributed by atoms with E-state index < -0.39 is 0 Å². The van der Waals surface area contributed by atoms with Crippen LogP contribution in [0.1, 0.15) is 24.0 Å². The molecule has 0 aliphatic heterocycles. The lowest BCUT2D eigenvalue weighted by molar-refractivity contribution is 0.835. The summed E-state index contributed by atoms with van der Waals surface area (Å²) >= 11 is 0. The summed E-state index contributed by atoms with van der Waals surface area (Å²) in [6, 6.07) is 8.33. The van der Waals surface area contributed by atoms with E-state index in [4.69, 9.17) is 0 Å². The maximum absolute atomic E-state index is 4.13. The molecule has 2 aromatic rings. The van der Waals surface area contributed by atoms with Crippen LogP contribution in [-0.4, -0.2) is 9.55 Å². The molecule has 0 bridgehead atoms. The molecule has 0 saturated heterocycles. The predicted molar refractivity (Wildman–Crippen MR) is 77.3 cm³/mol. The molecular weight excluding hydrogens is 232 g/mol. The van der Waals surface area contributed by atoms with Crippen LogP contribution < -0.4 is 0 Å². The number of nitrogens with zero attached hydrogens (tertiary/aromatic N) is 2. The van der Waals surface area contributed by atoms with Crippen molar-refractivity contribution in [2.24, 2.45) is 5.92 Å². The normalized spacial score (nSPS) is 13.7. The van der Waals surface area contributed by atoms with Gasteiger partial charge < -0.3 is 4.57 Å². The van der Waals surface area contributed by atoms with E-state index in [0.29, 0.717) is 5.92 Å². The molecule has 2 nitrogen and oxygen atoms in total. The Morgan fingerprint density at radius 2 is 2.11 bits per heavy atom. The second-order valence-electron chi connectivity index (χ2n) is 4.96. The molecule has 1 aliphatic rings. The highest BCUT2D eigenvalue weighted by molar-refractivity contribution is 5.63. The first kappa shape index (κ1) is 11.8. The van der Waals surface area contributed by atoms with Gasteiger partial charge in [-0.1, -0.05) is 30.6 Å². The Morgan fingerprint density at radius 3 is 2.74 bits per heavy atom. The number of hydrogen-bond acceptors (Lipinski definition) is 1. The van der Waals surface area contributed by atoms with Crippen LogP contribution in [0.3, 0.4) is 0 Å². The van der Waals surface area contributed by atoms with Crippen molar-refractivity contribution in [3.05, 3.63) is 60.7 Å². The first-order valence-electron chi connectivity index (χ1n) is 6.57. The largest absolute Gasteiger partial charge is 0.333 e. The Kier molecular flexibility index (Phi) is 3.20. The molecule has 0 unspecified atom stereocenters. The Hall–Kier alpha value is -2.27. The summed E-state index contributed by atoms with van der Waals surface area (Å²) in [6.07, 6.45) is 8.07. The Labute approximate surface area is 113 Å². The second kappa shape index (κ2) is 5.16. The van der Waals surface area contributed by atoms with Gasteiger partial charge in [0.25, 0.3) is 0 Å². The number of rotatable bonds is 3. The van der Waals surface area contributed by atoms with E-state index in [0.717, 1.165) is 23.2 Å². The highest BCUT2D eigenvalue weighted by Crippen LogP contribution is 2.27. The third-order valence-corrected chi connectivity index (χ3v) is 3.22. The molecule has 1 aromatic carbocycles.